The maximum absolute atomic E-state index is 11.7. The van der Waals surface area contributed by atoms with Crippen molar-refractivity contribution in [2.24, 2.45) is 0 Å². The van der Waals surface area contributed by atoms with Crippen molar-refractivity contribution in [2.75, 3.05) is 0 Å². The van der Waals surface area contributed by atoms with Crippen molar-refractivity contribution in [3.63, 3.8) is 0 Å². The number of carbonyl (C=O) groups excluding carboxylic acids is 1. The van der Waals surface area contributed by atoms with Crippen molar-refractivity contribution in [3.05, 3.63) is 35.9 Å². The van der Waals surface area contributed by atoms with Crippen molar-refractivity contribution in [1.82, 2.24) is 0 Å². The number of hydrogen-bond acceptors (Lipinski definition) is 5. The number of benzene rings is 1. The lowest BCUT2D eigenvalue weighted by molar-refractivity contribution is -0.155. The van der Waals surface area contributed by atoms with Crippen LogP contribution in [0, 0.1) is 0 Å². The molecule has 6 heteroatoms. The van der Waals surface area contributed by atoms with Gasteiger partial charge in [0.15, 0.2) is 0 Å². The predicted molar refractivity (Wildman–Crippen MR) is 78.4 cm³/mol. The summed E-state index contributed by atoms with van der Waals surface area (Å²) in [6.45, 7) is 5.46. The van der Waals surface area contributed by atoms with Crippen LogP contribution in [0.15, 0.2) is 30.3 Å². The summed E-state index contributed by atoms with van der Waals surface area (Å²) in [7, 11) is 0. The first kappa shape index (κ1) is 16.1. The van der Waals surface area contributed by atoms with Crippen LogP contribution in [0.3, 0.4) is 0 Å². The van der Waals surface area contributed by atoms with Crippen LogP contribution in [0.1, 0.15) is 45.3 Å². The van der Waals surface area contributed by atoms with Gasteiger partial charge in [0, 0.05) is 6.42 Å². The van der Waals surface area contributed by atoms with E-state index in [1.807, 2.05) is 51.1 Å². The summed E-state index contributed by atoms with van der Waals surface area (Å²) >= 11 is -1.77. The summed E-state index contributed by atoms with van der Waals surface area (Å²) in [5, 5.41) is 0. The standard InChI is InChI=1S/C15H20O5S/c1-15(2,3)18-13(16)10-9-12-14(20-21(17)19-12)11-7-5-4-6-8-11/h4-8,12,14H,9-10H2,1-3H3/t12-,14-,21?/m1/s1. The minimum absolute atomic E-state index is 0.200. The summed E-state index contributed by atoms with van der Waals surface area (Å²) in [5.74, 6) is -0.296. The molecule has 1 heterocycles. The van der Waals surface area contributed by atoms with Gasteiger partial charge in [-0.2, -0.15) is 4.21 Å². The van der Waals surface area contributed by atoms with Gasteiger partial charge in [-0.25, -0.2) is 0 Å². The Morgan fingerprint density at radius 2 is 1.90 bits per heavy atom. The molecule has 3 atom stereocenters. The third-order valence-electron chi connectivity index (χ3n) is 2.90. The highest BCUT2D eigenvalue weighted by Crippen LogP contribution is 2.34. The van der Waals surface area contributed by atoms with Crippen LogP contribution in [-0.4, -0.2) is 21.9 Å². The summed E-state index contributed by atoms with van der Waals surface area (Å²) < 4.78 is 27.3. The number of hydrogen-bond donors (Lipinski definition) is 0. The summed E-state index contributed by atoms with van der Waals surface area (Å²) in [5.41, 5.74) is 0.378. The first-order valence-corrected chi connectivity index (χ1v) is 7.88. The minimum Gasteiger partial charge on any atom is -0.460 e. The molecule has 1 saturated heterocycles. The van der Waals surface area contributed by atoms with Gasteiger partial charge in [0.2, 0.25) is 0 Å². The van der Waals surface area contributed by atoms with E-state index in [1.165, 1.54) is 0 Å². The highest BCUT2D eigenvalue weighted by molar-refractivity contribution is 7.75. The molecule has 1 aromatic carbocycles. The van der Waals surface area contributed by atoms with E-state index in [0.29, 0.717) is 6.42 Å². The van der Waals surface area contributed by atoms with E-state index < -0.39 is 29.2 Å². The quantitative estimate of drug-likeness (QED) is 0.800. The van der Waals surface area contributed by atoms with Crippen molar-refractivity contribution >= 4 is 17.3 Å². The summed E-state index contributed by atoms with van der Waals surface area (Å²) in [6.07, 6.45) is -0.235. The Kier molecular flexibility index (Phi) is 5.13. The normalized spacial score (nSPS) is 25.8. The van der Waals surface area contributed by atoms with Gasteiger partial charge in [-0.1, -0.05) is 30.3 Å². The molecule has 1 fully saturated rings. The molecule has 0 aromatic heterocycles. The van der Waals surface area contributed by atoms with E-state index in [4.69, 9.17) is 13.1 Å². The Bertz CT molecular complexity index is 509. The van der Waals surface area contributed by atoms with Crippen LogP contribution in [0.4, 0.5) is 0 Å². The first-order chi connectivity index (χ1) is 9.85. The van der Waals surface area contributed by atoms with Gasteiger partial charge in [0.05, 0.1) is 0 Å². The SMILES string of the molecule is CC(C)(C)OC(=O)CC[C@H]1OS(=O)O[C@@H]1c1ccccc1. The molecule has 2 rings (SSSR count). The molecule has 0 amide bonds. The van der Waals surface area contributed by atoms with Crippen LogP contribution in [-0.2, 0) is 29.3 Å². The largest absolute Gasteiger partial charge is 0.460 e. The van der Waals surface area contributed by atoms with Crippen LogP contribution < -0.4 is 0 Å². The number of rotatable bonds is 4. The Morgan fingerprint density at radius 3 is 2.52 bits per heavy atom. The lowest BCUT2D eigenvalue weighted by atomic mass is 10.0. The predicted octanol–water partition coefficient (Wildman–Crippen LogP) is 2.84. The fourth-order valence-electron chi connectivity index (χ4n) is 2.09. The average molecular weight is 312 g/mol. The molecule has 5 nitrogen and oxygen atoms in total. The lowest BCUT2D eigenvalue weighted by Gasteiger charge is -2.20. The molecule has 1 aliphatic heterocycles. The molecule has 0 bridgehead atoms. The molecular formula is C15H20O5S. The Morgan fingerprint density at radius 1 is 1.24 bits per heavy atom. The van der Waals surface area contributed by atoms with Gasteiger partial charge < -0.3 is 4.74 Å². The highest BCUT2D eigenvalue weighted by Gasteiger charge is 2.36. The van der Waals surface area contributed by atoms with Crippen molar-refractivity contribution in [1.29, 1.82) is 0 Å². The van der Waals surface area contributed by atoms with Crippen LogP contribution in [0.2, 0.25) is 0 Å². The third-order valence-corrected chi connectivity index (χ3v) is 3.67. The van der Waals surface area contributed by atoms with Gasteiger partial charge in [0.1, 0.15) is 17.8 Å². The van der Waals surface area contributed by atoms with Gasteiger partial charge in [0.25, 0.3) is 0 Å². The Labute approximate surface area is 127 Å². The van der Waals surface area contributed by atoms with Crippen LogP contribution in [0.5, 0.6) is 0 Å². The van der Waals surface area contributed by atoms with E-state index in [9.17, 15) is 9.00 Å². The Hall–Kier alpha value is -1.24. The molecule has 1 aromatic rings. The van der Waals surface area contributed by atoms with E-state index in [-0.39, 0.29) is 12.4 Å². The van der Waals surface area contributed by atoms with Crippen molar-refractivity contribution in [3.8, 4) is 0 Å². The molecule has 0 saturated carbocycles. The van der Waals surface area contributed by atoms with Gasteiger partial charge >= 0.3 is 17.3 Å². The Balaban J connectivity index is 1.95. The van der Waals surface area contributed by atoms with Crippen LogP contribution >= 0.6 is 0 Å². The highest BCUT2D eigenvalue weighted by atomic mass is 32.2. The monoisotopic (exact) mass is 312 g/mol. The number of ether oxygens (including phenoxy) is 1. The lowest BCUT2D eigenvalue weighted by Crippen LogP contribution is -2.25. The molecule has 1 aliphatic rings. The van der Waals surface area contributed by atoms with Crippen molar-refractivity contribution < 1.29 is 22.1 Å². The van der Waals surface area contributed by atoms with Gasteiger partial charge in [-0.15, -0.1) is 0 Å². The van der Waals surface area contributed by atoms with Gasteiger partial charge in [-0.05, 0) is 32.8 Å². The fraction of sp³-hybridized carbons (Fsp3) is 0.533. The second-order valence-corrected chi connectivity index (χ2v) is 6.68. The maximum atomic E-state index is 11.7. The number of esters is 1. The second kappa shape index (κ2) is 6.68. The van der Waals surface area contributed by atoms with Gasteiger partial charge in [-0.3, -0.25) is 13.2 Å². The van der Waals surface area contributed by atoms with Crippen molar-refractivity contribution in [2.45, 2.75) is 51.4 Å². The molecule has 0 spiro atoms. The fourth-order valence-corrected chi connectivity index (χ4v) is 2.93. The summed E-state index contributed by atoms with van der Waals surface area (Å²) in [6, 6.07) is 9.43. The second-order valence-electron chi connectivity index (χ2n) is 5.89. The van der Waals surface area contributed by atoms with E-state index >= 15 is 0 Å². The first-order valence-electron chi connectivity index (χ1n) is 6.88. The number of carbonyl (C=O) groups is 1. The van der Waals surface area contributed by atoms with Crippen LogP contribution in [0.25, 0.3) is 0 Å². The molecule has 116 valence electrons. The molecule has 0 radical (unpaired) electrons. The molecule has 21 heavy (non-hydrogen) atoms. The third kappa shape index (κ3) is 4.91. The summed E-state index contributed by atoms with van der Waals surface area (Å²) in [4.78, 5) is 11.7. The zero-order valence-electron chi connectivity index (χ0n) is 12.4. The van der Waals surface area contributed by atoms with E-state index in [1.54, 1.807) is 0 Å². The zero-order valence-corrected chi connectivity index (χ0v) is 13.2. The molecule has 0 aliphatic carbocycles. The molecular weight excluding hydrogens is 292 g/mol. The van der Waals surface area contributed by atoms with E-state index in [2.05, 4.69) is 0 Å². The van der Waals surface area contributed by atoms with E-state index in [0.717, 1.165) is 5.56 Å². The minimum atomic E-state index is -1.77. The zero-order chi connectivity index (χ0) is 15.5. The smallest absolute Gasteiger partial charge is 0.306 e. The topological polar surface area (TPSA) is 61.8 Å². The molecule has 0 N–H and O–H groups in total. The molecule has 1 unspecified atom stereocenters. The average Bonchev–Trinajstić information content (AvgIpc) is 2.77. The maximum Gasteiger partial charge on any atom is 0.306 e.